The molecule has 2 nitrogen and oxygen atoms in total. The number of carbonyl (C=O) groups is 1. The SMILES string of the molecule is CCCCOc1cccc(CC[C@@H]2C(=O)CC[C@]3(C)CCC[C@@H]23)c1. The van der Waals surface area contributed by atoms with Gasteiger partial charge in [0.1, 0.15) is 11.5 Å². The van der Waals surface area contributed by atoms with Gasteiger partial charge in [-0.2, -0.15) is 0 Å². The number of Topliss-reactive ketones (excluding diaryl/α,β-unsaturated/α-hetero) is 1. The number of unbranched alkanes of at least 4 members (excludes halogenated alkanes) is 1. The van der Waals surface area contributed by atoms with Crippen LogP contribution in [0.2, 0.25) is 0 Å². The third kappa shape index (κ3) is 3.84. The van der Waals surface area contributed by atoms with Gasteiger partial charge in [-0.25, -0.2) is 0 Å². The first-order valence-electron chi connectivity index (χ1n) is 9.87. The van der Waals surface area contributed by atoms with Crippen LogP contribution in [0.4, 0.5) is 0 Å². The molecule has 0 aliphatic heterocycles. The van der Waals surface area contributed by atoms with Crippen molar-refractivity contribution < 1.29 is 9.53 Å². The maximum absolute atomic E-state index is 12.5. The predicted molar refractivity (Wildman–Crippen MR) is 98.3 cm³/mol. The topological polar surface area (TPSA) is 26.3 Å². The van der Waals surface area contributed by atoms with Crippen molar-refractivity contribution in [3.05, 3.63) is 29.8 Å². The van der Waals surface area contributed by atoms with E-state index in [1.807, 2.05) is 6.07 Å². The number of aryl methyl sites for hydroxylation is 1. The van der Waals surface area contributed by atoms with Crippen molar-refractivity contribution in [3.63, 3.8) is 0 Å². The fourth-order valence-electron chi connectivity index (χ4n) is 4.88. The van der Waals surface area contributed by atoms with Gasteiger partial charge in [0.25, 0.3) is 0 Å². The van der Waals surface area contributed by atoms with Gasteiger partial charge in [0.05, 0.1) is 6.61 Å². The van der Waals surface area contributed by atoms with Gasteiger partial charge in [-0.1, -0.05) is 38.8 Å². The van der Waals surface area contributed by atoms with Gasteiger partial charge in [0.15, 0.2) is 0 Å². The molecule has 132 valence electrons. The quantitative estimate of drug-likeness (QED) is 0.610. The van der Waals surface area contributed by atoms with E-state index in [0.717, 1.165) is 50.9 Å². The molecule has 2 fully saturated rings. The normalized spacial score (nSPS) is 29.5. The minimum absolute atomic E-state index is 0.288. The number of benzene rings is 1. The molecule has 0 heterocycles. The summed E-state index contributed by atoms with van der Waals surface area (Å²) in [5.74, 6) is 2.41. The van der Waals surface area contributed by atoms with Gasteiger partial charge in [0.2, 0.25) is 0 Å². The van der Waals surface area contributed by atoms with Crippen LogP contribution in [0.25, 0.3) is 0 Å². The van der Waals surface area contributed by atoms with E-state index in [4.69, 9.17) is 4.74 Å². The third-order valence-corrected chi connectivity index (χ3v) is 6.41. The van der Waals surface area contributed by atoms with Crippen molar-refractivity contribution in [2.45, 2.75) is 71.6 Å². The maximum Gasteiger partial charge on any atom is 0.136 e. The largest absolute Gasteiger partial charge is 0.494 e. The van der Waals surface area contributed by atoms with Crippen LogP contribution in [0.15, 0.2) is 24.3 Å². The Labute approximate surface area is 147 Å². The summed E-state index contributed by atoms with van der Waals surface area (Å²) in [4.78, 5) is 12.5. The lowest BCUT2D eigenvalue weighted by Crippen LogP contribution is -2.38. The predicted octanol–water partition coefficient (Wildman–Crippen LogP) is 5.58. The highest BCUT2D eigenvalue weighted by Crippen LogP contribution is 2.54. The molecule has 0 aromatic heterocycles. The van der Waals surface area contributed by atoms with Gasteiger partial charge in [-0.3, -0.25) is 4.79 Å². The Kier molecular flexibility index (Phi) is 5.63. The number of carbonyl (C=O) groups excluding carboxylic acids is 1. The van der Waals surface area contributed by atoms with Crippen molar-refractivity contribution in [2.75, 3.05) is 6.61 Å². The minimum Gasteiger partial charge on any atom is -0.494 e. The van der Waals surface area contributed by atoms with Crippen LogP contribution in [0, 0.1) is 17.3 Å². The van der Waals surface area contributed by atoms with Gasteiger partial charge in [0, 0.05) is 12.3 Å². The average molecular weight is 328 g/mol. The summed E-state index contributed by atoms with van der Waals surface area (Å²) >= 11 is 0. The molecule has 2 heteroatoms. The molecule has 1 aromatic carbocycles. The van der Waals surface area contributed by atoms with E-state index in [9.17, 15) is 4.79 Å². The van der Waals surface area contributed by atoms with E-state index < -0.39 is 0 Å². The summed E-state index contributed by atoms with van der Waals surface area (Å²) in [5, 5.41) is 0. The summed E-state index contributed by atoms with van der Waals surface area (Å²) in [6.45, 7) is 5.39. The summed E-state index contributed by atoms with van der Waals surface area (Å²) in [6.07, 6.45) is 10.1. The van der Waals surface area contributed by atoms with Crippen molar-refractivity contribution in [3.8, 4) is 5.75 Å². The van der Waals surface area contributed by atoms with Crippen LogP contribution in [0.3, 0.4) is 0 Å². The molecule has 0 bridgehead atoms. The second kappa shape index (κ2) is 7.72. The molecule has 2 aliphatic carbocycles. The average Bonchev–Trinajstić information content (AvgIpc) is 2.97. The van der Waals surface area contributed by atoms with E-state index in [1.165, 1.54) is 24.8 Å². The lowest BCUT2D eigenvalue weighted by atomic mass is 9.63. The van der Waals surface area contributed by atoms with Crippen LogP contribution in [0.1, 0.15) is 70.8 Å². The first kappa shape index (κ1) is 17.5. The smallest absolute Gasteiger partial charge is 0.136 e. The molecule has 0 radical (unpaired) electrons. The highest BCUT2D eigenvalue weighted by Gasteiger charge is 2.48. The second-order valence-electron chi connectivity index (χ2n) is 8.11. The van der Waals surface area contributed by atoms with Crippen LogP contribution < -0.4 is 4.74 Å². The molecule has 0 N–H and O–H groups in total. The van der Waals surface area contributed by atoms with Crippen molar-refractivity contribution in [1.29, 1.82) is 0 Å². The zero-order valence-corrected chi connectivity index (χ0v) is 15.4. The number of ketones is 1. The Bertz CT molecular complexity index is 565. The molecule has 2 aliphatic rings. The first-order chi connectivity index (χ1) is 11.6. The van der Waals surface area contributed by atoms with Gasteiger partial charge in [-0.15, -0.1) is 0 Å². The summed E-state index contributed by atoms with van der Waals surface area (Å²) in [6, 6.07) is 8.46. The lowest BCUT2D eigenvalue weighted by Gasteiger charge is -2.41. The molecule has 3 atom stereocenters. The molecule has 0 spiro atoms. The highest BCUT2D eigenvalue weighted by molar-refractivity contribution is 5.82. The zero-order valence-electron chi connectivity index (χ0n) is 15.4. The highest BCUT2D eigenvalue weighted by atomic mass is 16.5. The Hall–Kier alpha value is -1.31. The molecule has 0 amide bonds. The van der Waals surface area contributed by atoms with Crippen LogP contribution in [-0.2, 0) is 11.2 Å². The summed E-state index contributed by atoms with van der Waals surface area (Å²) < 4.78 is 5.82. The molecular weight excluding hydrogens is 296 g/mol. The third-order valence-electron chi connectivity index (χ3n) is 6.41. The summed E-state index contributed by atoms with van der Waals surface area (Å²) in [5.41, 5.74) is 1.74. The van der Waals surface area contributed by atoms with Gasteiger partial charge >= 0.3 is 0 Å². The van der Waals surface area contributed by atoms with Crippen LogP contribution >= 0.6 is 0 Å². The monoisotopic (exact) mass is 328 g/mol. The molecule has 1 aromatic rings. The number of ether oxygens (including phenoxy) is 1. The van der Waals surface area contributed by atoms with E-state index in [1.54, 1.807) is 0 Å². The number of fused-ring (bicyclic) bond motifs is 1. The lowest BCUT2D eigenvalue weighted by molar-refractivity contribution is -0.130. The molecule has 2 saturated carbocycles. The van der Waals surface area contributed by atoms with Crippen molar-refractivity contribution in [2.24, 2.45) is 17.3 Å². The maximum atomic E-state index is 12.5. The van der Waals surface area contributed by atoms with Crippen LogP contribution in [0.5, 0.6) is 5.75 Å². The molecular formula is C22H32O2. The zero-order chi connectivity index (χ0) is 17.0. The Balaban J connectivity index is 1.60. The van der Waals surface area contributed by atoms with E-state index in [2.05, 4.69) is 32.0 Å². The standard InChI is InChI=1S/C22H32O2/c1-3-4-15-24-18-8-5-7-17(16-18)10-11-19-20-9-6-13-22(20,2)14-12-21(19)23/h5,7-8,16,19-20H,3-4,6,9-15H2,1-2H3/t19-,20-,22-/m0/s1. The Morgan fingerprint density at radius 1 is 1.29 bits per heavy atom. The number of hydrogen-bond donors (Lipinski definition) is 0. The molecule has 3 rings (SSSR count). The van der Waals surface area contributed by atoms with Crippen molar-refractivity contribution >= 4 is 5.78 Å². The van der Waals surface area contributed by atoms with E-state index in [-0.39, 0.29) is 5.92 Å². The molecule has 0 unspecified atom stereocenters. The number of rotatable bonds is 7. The molecule has 0 saturated heterocycles. The fraction of sp³-hybridized carbons (Fsp3) is 0.682. The minimum atomic E-state index is 0.288. The molecule has 24 heavy (non-hydrogen) atoms. The van der Waals surface area contributed by atoms with E-state index >= 15 is 0 Å². The number of hydrogen-bond acceptors (Lipinski definition) is 2. The second-order valence-corrected chi connectivity index (χ2v) is 8.11. The van der Waals surface area contributed by atoms with Crippen molar-refractivity contribution in [1.82, 2.24) is 0 Å². The summed E-state index contributed by atoms with van der Waals surface area (Å²) in [7, 11) is 0. The van der Waals surface area contributed by atoms with Gasteiger partial charge in [-0.05, 0) is 67.6 Å². The van der Waals surface area contributed by atoms with Crippen LogP contribution in [-0.4, -0.2) is 12.4 Å². The first-order valence-corrected chi connectivity index (χ1v) is 9.87. The fourth-order valence-corrected chi connectivity index (χ4v) is 4.88. The van der Waals surface area contributed by atoms with Gasteiger partial charge < -0.3 is 4.74 Å². The van der Waals surface area contributed by atoms with E-state index in [0.29, 0.717) is 17.1 Å². The Morgan fingerprint density at radius 3 is 3.00 bits per heavy atom. The Morgan fingerprint density at radius 2 is 2.17 bits per heavy atom.